The molecule has 1 unspecified atom stereocenters. The van der Waals surface area contributed by atoms with E-state index in [0.717, 1.165) is 58.3 Å². The minimum atomic E-state index is 0.267. The maximum absolute atomic E-state index is 6.58. The average molecular weight is 781 g/mol. The number of furan rings is 1. The third-order valence-electron chi connectivity index (χ3n) is 13.4. The summed E-state index contributed by atoms with van der Waals surface area (Å²) in [7, 11) is 0. The quantitative estimate of drug-likeness (QED) is 0.168. The van der Waals surface area contributed by atoms with Crippen LogP contribution in [0.2, 0.25) is 0 Å². The normalized spacial score (nSPS) is 14.7. The zero-order valence-corrected chi connectivity index (χ0v) is 33.6. The van der Waals surface area contributed by atoms with E-state index in [1.807, 2.05) is 0 Å². The predicted octanol–water partition coefficient (Wildman–Crippen LogP) is 15.6. The second-order valence-electron chi connectivity index (χ2n) is 16.7. The van der Waals surface area contributed by atoms with Gasteiger partial charge in [-0.05, 0) is 129 Å². The molecule has 3 heteroatoms. The van der Waals surface area contributed by atoms with Crippen LogP contribution in [0.5, 0.6) is 0 Å². The summed E-state index contributed by atoms with van der Waals surface area (Å²) in [5.74, 6) is 0.267. The molecule has 2 heterocycles. The van der Waals surface area contributed by atoms with Crippen LogP contribution in [-0.2, 0) is 12.8 Å². The fourth-order valence-corrected chi connectivity index (χ4v) is 10.6. The van der Waals surface area contributed by atoms with Crippen LogP contribution in [0.25, 0.3) is 83.9 Å². The number of para-hydroxylation sites is 2. The third kappa shape index (κ3) is 5.23. The summed E-state index contributed by atoms with van der Waals surface area (Å²) >= 11 is 0. The van der Waals surface area contributed by atoms with Gasteiger partial charge in [-0.15, -0.1) is 0 Å². The zero-order chi connectivity index (χ0) is 40.0. The highest BCUT2D eigenvalue weighted by molar-refractivity contribution is 6.19. The fraction of sp³-hybridized carbons (Fsp3) is 0.0690. The Labute approximate surface area is 354 Å². The monoisotopic (exact) mass is 780 g/mol. The first kappa shape index (κ1) is 34.3. The average Bonchev–Trinajstić information content (AvgIpc) is 3.99. The van der Waals surface area contributed by atoms with E-state index in [4.69, 9.17) is 4.42 Å². The van der Waals surface area contributed by atoms with E-state index in [0.29, 0.717) is 0 Å². The molecular weight excluding hydrogens is 741 g/mol. The molecule has 61 heavy (non-hydrogen) atoms. The third-order valence-corrected chi connectivity index (χ3v) is 13.4. The minimum Gasteiger partial charge on any atom is -0.454 e. The molecule has 2 aromatic heterocycles. The maximum atomic E-state index is 6.58. The summed E-state index contributed by atoms with van der Waals surface area (Å²) in [6.45, 7) is 0. The molecule has 1 atom stereocenters. The van der Waals surface area contributed by atoms with Crippen LogP contribution >= 0.6 is 0 Å². The van der Waals surface area contributed by atoms with Gasteiger partial charge in [0.05, 0.1) is 11.4 Å². The highest BCUT2D eigenvalue weighted by atomic mass is 16.3. The SMILES string of the molecule is C1=Cc2c(c3c(n2-c2cccc4c2oc2ccccc24)C=CC(c2ccc(N(c4ccc(-c5ccccc5)cc4)c4ccc5c6c(cccc46)-c4ccccc4-5)cc2)C3)CC1. The van der Waals surface area contributed by atoms with E-state index in [1.165, 1.54) is 77.9 Å². The van der Waals surface area contributed by atoms with E-state index >= 15 is 0 Å². The van der Waals surface area contributed by atoms with Crippen LogP contribution in [-0.4, -0.2) is 4.57 Å². The van der Waals surface area contributed by atoms with Crippen molar-refractivity contribution in [3.63, 3.8) is 0 Å². The number of hydrogen-bond donors (Lipinski definition) is 0. The second-order valence-corrected chi connectivity index (χ2v) is 16.7. The summed E-state index contributed by atoms with van der Waals surface area (Å²) in [5.41, 5.74) is 20.9. The Bertz CT molecular complexity index is 3410. The molecule has 0 N–H and O–H groups in total. The number of benzene rings is 8. The van der Waals surface area contributed by atoms with Crippen LogP contribution in [0.3, 0.4) is 0 Å². The highest BCUT2D eigenvalue weighted by Gasteiger charge is 2.29. The van der Waals surface area contributed by atoms with Gasteiger partial charge < -0.3 is 13.9 Å². The molecule has 0 bridgehead atoms. The molecule has 0 saturated heterocycles. The summed E-state index contributed by atoms with van der Waals surface area (Å²) in [4.78, 5) is 2.45. The smallest absolute Gasteiger partial charge is 0.159 e. The first-order valence-electron chi connectivity index (χ1n) is 21.5. The lowest BCUT2D eigenvalue weighted by molar-refractivity contribution is 0.665. The minimum absolute atomic E-state index is 0.267. The Morgan fingerprint density at radius 3 is 2.00 bits per heavy atom. The van der Waals surface area contributed by atoms with Gasteiger partial charge in [-0.1, -0.05) is 146 Å². The molecule has 0 spiro atoms. The predicted molar refractivity (Wildman–Crippen MR) is 254 cm³/mol. The van der Waals surface area contributed by atoms with Crippen molar-refractivity contribution >= 4 is 61.9 Å². The van der Waals surface area contributed by atoms with Crippen molar-refractivity contribution in [3.8, 4) is 39.1 Å². The molecule has 8 aromatic carbocycles. The fourth-order valence-electron chi connectivity index (χ4n) is 10.6. The van der Waals surface area contributed by atoms with E-state index < -0.39 is 0 Å². The zero-order valence-electron chi connectivity index (χ0n) is 33.6. The summed E-state index contributed by atoms with van der Waals surface area (Å²) in [6.07, 6.45) is 12.5. The number of nitrogens with zero attached hydrogens (tertiary/aromatic N) is 2. The number of rotatable bonds is 6. The van der Waals surface area contributed by atoms with Crippen LogP contribution in [0.1, 0.15) is 40.4 Å². The van der Waals surface area contributed by atoms with Crippen LogP contribution < -0.4 is 4.90 Å². The Morgan fingerprint density at radius 2 is 1.16 bits per heavy atom. The van der Waals surface area contributed by atoms with Gasteiger partial charge in [-0.25, -0.2) is 0 Å². The topological polar surface area (TPSA) is 21.3 Å². The number of allylic oxidation sites excluding steroid dienone is 2. The van der Waals surface area contributed by atoms with Crippen molar-refractivity contribution in [2.75, 3.05) is 4.90 Å². The lowest BCUT2D eigenvalue weighted by Gasteiger charge is -2.28. The molecule has 0 saturated carbocycles. The Balaban J connectivity index is 0.898. The molecule has 0 aliphatic heterocycles. The Morgan fingerprint density at radius 1 is 0.508 bits per heavy atom. The van der Waals surface area contributed by atoms with Gasteiger partial charge in [0, 0.05) is 44.8 Å². The molecule has 288 valence electrons. The van der Waals surface area contributed by atoms with Crippen molar-refractivity contribution in [3.05, 3.63) is 216 Å². The molecule has 0 amide bonds. The molecular formula is C58H40N2O. The molecule has 10 aromatic rings. The number of hydrogen-bond acceptors (Lipinski definition) is 2. The number of aromatic nitrogens is 1. The van der Waals surface area contributed by atoms with Gasteiger partial charge in [0.2, 0.25) is 0 Å². The van der Waals surface area contributed by atoms with Gasteiger partial charge in [0.25, 0.3) is 0 Å². The van der Waals surface area contributed by atoms with Gasteiger partial charge >= 0.3 is 0 Å². The van der Waals surface area contributed by atoms with Crippen molar-refractivity contribution in [2.24, 2.45) is 0 Å². The second kappa shape index (κ2) is 13.5. The standard InChI is InChI=1S/C58H40N2O/c1-2-12-37(13-3-1)38-24-29-41(30-25-38)59(53-35-33-48-44-15-5-4-14-43(44)47-18-10-20-50(53)57(47)48)42-31-26-39(27-32-42)40-28-34-54-51(36-40)45-16-6-8-21-52(45)60(54)55-22-11-19-49-46-17-7-9-23-56(46)61-58(49)55/h1-5,7-15,17-35,40H,6,16,36H2. The molecule has 0 fully saturated rings. The molecule has 3 aliphatic carbocycles. The van der Waals surface area contributed by atoms with Gasteiger partial charge in [0.1, 0.15) is 5.58 Å². The van der Waals surface area contributed by atoms with Gasteiger partial charge in [-0.3, -0.25) is 0 Å². The van der Waals surface area contributed by atoms with E-state index in [2.05, 4.69) is 210 Å². The lowest BCUT2D eigenvalue weighted by atomic mass is 9.84. The molecule has 3 aliphatic rings. The molecule has 3 nitrogen and oxygen atoms in total. The number of anilines is 3. The van der Waals surface area contributed by atoms with Crippen molar-refractivity contribution in [1.29, 1.82) is 0 Å². The highest BCUT2D eigenvalue weighted by Crippen LogP contribution is 2.51. The van der Waals surface area contributed by atoms with E-state index in [1.54, 1.807) is 0 Å². The van der Waals surface area contributed by atoms with Crippen LogP contribution in [0, 0.1) is 0 Å². The first-order valence-corrected chi connectivity index (χ1v) is 21.5. The van der Waals surface area contributed by atoms with Crippen LogP contribution in [0.4, 0.5) is 17.1 Å². The summed E-state index contributed by atoms with van der Waals surface area (Å²) < 4.78 is 9.04. The summed E-state index contributed by atoms with van der Waals surface area (Å²) in [6, 6.07) is 64.3. The maximum Gasteiger partial charge on any atom is 0.159 e. The van der Waals surface area contributed by atoms with Gasteiger partial charge in [0.15, 0.2) is 5.58 Å². The van der Waals surface area contributed by atoms with Crippen molar-refractivity contribution < 1.29 is 4.42 Å². The first-order chi connectivity index (χ1) is 30.3. The summed E-state index contributed by atoms with van der Waals surface area (Å²) in [5, 5.41) is 4.90. The van der Waals surface area contributed by atoms with Crippen molar-refractivity contribution in [1.82, 2.24) is 4.57 Å². The van der Waals surface area contributed by atoms with E-state index in [9.17, 15) is 0 Å². The lowest BCUT2D eigenvalue weighted by Crippen LogP contribution is -2.11. The van der Waals surface area contributed by atoms with E-state index in [-0.39, 0.29) is 5.92 Å². The molecule has 0 radical (unpaired) electrons. The number of fused-ring (bicyclic) bond motifs is 9. The van der Waals surface area contributed by atoms with Crippen molar-refractivity contribution in [2.45, 2.75) is 25.2 Å². The largest absolute Gasteiger partial charge is 0.454 e. The molecule has 13 rings (SSSR count). The van der Waals surface area contributed by atoms with Crippen LogP contribution in [0.15, 0.2) is 192 Å². The Hall–Kier alpha value is -7.62. The van der Waals surface area contributed by atoms with Gasteiger partial charge in [-0.2, -0.15) is 0 Å². The Kier molecular flexibility index (Phi) is 7.56.